The van der Waals surface area contributed by atoms with Crippen LogP contribution in [0.2, 0.25) is 0 Å². The van der Waals surface area contributed by atoms with Crippen LogP contribution in [0.5, 0.6) is 0 Å². The molecule has 0 unspecified atom stereocenters. The summed E-state index contributed by atoms with van der Waals surface area (Å²) < 4.78 is 0. The first kappa shape index (κ1) is 40.6. The summed E-state index contributed by atoms with van der Waals surface area (Å²) in [5, 5.41) is 0. The first-order valence-electron chi connectivity index (χ1n) is 21.7. The molecule has 0 aliphatic heterocycles. The van der Waals surface area contributed by atoms with E-state index < -0.39 is 0 Å². The van der Waals surface area contributed by atoms with Crippen molar-refractivity contribution in [2.45, 2.75) is 33.9 Å². The maximum atomic E-state index is 2.40. The lowest BCUT2D eigenvalue weighted by molar-refractivity contribution is 0.972. The number of rotatable bonds is 14. The molecule has 0 fully saturated rings. The Morgan fingerprint density at radius 2 is 0.540 bits per heavy atom. The second-order valence-corrected chi connectivity index (χ2v) is 16.2. The van der Waals surface area contributed by atoms with Crippen molar-refractivity contribution in [1.29, 1.82) is 0 Å². The van der Waals surface area contributed by atoms with E-state index in [9.17, 15) is 0 Å². The zero-order valence-electron chi connectivity index (χ0n) is 36.2. The maximum absolute atomic E-state index is 2.40. The van der Waals surface area contributed by atoms with Gasteiger partial charge in [-0.3, -0.25) is 0 Å². The maximum Gasteiger partial charge on any atom is 0.0481 e. The van der Waals surface area contributed by atoms with Crippen LogP contribution < -0.4 is 19.6 Å². The minimum Gasteiger partial charge on any atom is -0.337 e. The molecular weight excluding hydrogens is 765 g/mol. The molecular formula is C59H52N4. The molecule has 0 amide bonds. The summed E-state index contributed by atoms with van der Waals surface area (Å²) in [6, 6.07) is 85.2. The van der Waals surface area contributed by atoms with Crippen LogP contribution in [0.1, 0.15) is 27.8 Å². The van der Waals surface area contributed by atoms with Crippen LogP contribution in [0.3, 0.4) is 0 Å². The molecule has 9 aromatic carbocycles. The second-order valence-electron chi connectivity index (χ2n) is 16.2. The van der Waals surface area contributed by atoms with E-state index in [0.29, 0.717) is 0 Å². The number of nitrogens with zero attached hydrogens (tertiary/aromatic N) is 4. The molecule has 9 rings (SSSR count). The third-order valence-electron chi connectivity index (χ3n) is 11.5. The molecule has 63 heavy (non-hydrogen) atoms. The average Bonchev–Trinajstić information content (AvgIpc) is 3.32. The lowest BCUT2D eigenvalue weighted by atomic mass is 10.1. The number of hydrogen-bond donors (Lipinski definition) is 0. The summed E-state index contributed by atoms with van der Waals surface area (Å²) in [7, 11) is 0. The van der Waals surface area contributed by atoms with Gasteiger partial charge in [0.1, 0.15) is 0 Å². The van der Waals surface area contributed by atoms with Crippen LogP contribution in [0.4, 0.5) is 56.9 Å². The topological polar surface area (TPSA) is 13.0 Å². The summed E-state index contributed by atoms with van der Waals surface area (Å²) in [6.45, 7) is 7.98. The zero-order chi connectivity index (χ0) is 43.0. The number of hydrogen-bond acceptors (Lipinski definition) is 4. The van der Waals surface area contributed by atoms with Crippen molar-refractivity contribution in [1.82, 2.24) is 0 Å². The van der Waals surface area contributed by atoms with Gasteiger partial charge in [-0.15, -0.1) is 0 Å². The van der Waals surface area contributed by atoms with Gasteiger partial charge in [0.15, 0.2) is 0 Å². The number of benzene rings is 9. The fourth-order valence-electron chi connectivity index (χ4n) is 8.38. The fourth-order valence-corrected chi connectivity index (χ4v) is 8.38. The normalized spacial score (nSPS) is 10.9. The zero-order valence-corrected chi connectivity index (χ0v) is 36.2. The molecule has 0 aromatic heterocycles. The van der Waals surface area contributed by atoms with Crippen LogP contribution in [0, 0.1) is 20.8 Å². The Morgan fingerprint density at radius 1 is 0.238 bits per heavy atom. The number of para-hydroxylation sites is 2. The quantitative estimate of drug-likeness (QED) is 0.108. The van der Waals surface area contributed by atoms with E-state index in [4.69, 9.17) is 0 Å². The predicted molar refractivity (Wildman–Crippen MR) is 267 cm³/mol. The number of aryl methyl sites for hydroxylation is 3. The Balaban J connectivity index is 1.11. The standard InChI is InChI=1S/C59H52N4/c1-45-16-13-21-49(40-45)44-60(50-22-9-5-10-23-50)51-28-32-54(33-29-51)62(56-36-38-57(39-37-56)63(53-24-11-6-12-25-53)59-27-15-18-47(3)42-59)55-34-30-52(31-35-55)61(43-48-19-7-4-8-20-48)58-26-14-17-46(2)41-58/h4-42H,43-44H2,1-3H3. The summed E-state index contributed by atoms with van der Waals surface area (Å²) in [6.07, 6.45) is 0. The molecule has 308 valence electrons. The molecule has 0 N–H and O–H groups in total. The van der Waals surface area contributed by atoms with Crippen LogP contribution in [0.25, 0.3) is 0 Å². The summed E-state index contributed by atoms with van der Waals surface area (Å²) in [5.74, 6) is 0. The molecule has 0 aliphatic rings. The van der Waals surface area contributed by atoms with Crippen molar-refractivity contribution < 1.29 is 0 Å². The Labute approximate surface area is 373 Å². The van der Waals surface area contributed by atoms with E-state index in [-0.39, 0.29) is 0 Å². The van der Waals surface area contributed by atoms with E-state index >= 15 is 0 Å². The highest BCUT2D eigenvalue weighted by Crippen LogP contribution is 2.41. The van der Waals surface area contributed by atoms with Gasteiger partial charge in [0.2, 0.25) is 0 Å². The molecule has 0 atom stereocenters. The van der Waals surface area contributed by atoms with Crippen molar-refractivity contribution in [3.05, 3.63) is 264 Å². The highest BCUT2D eigenvalue weighted by atomic mass is 15.2. The minimum absolute atomic E-state index is 0.760. The summed E-state index contributed by atoms with van der Waals surface area (Å²) in [4.78, 5) is 9.47. The molecule has 0 radical (unpaired) electrons. The second kappa shape index (κ2) is 18.8. The molecule has 0 spiro atoms. The van der Waals surface area contributed by atoms with E-state index in [2.05, 4.69) is 277 Å². The molecule has 0 aliphatic carbocycles. The van der Waals surface area contributed by atoms with Crippen molar-refractivity contribution in [2.24, 2.45) is 0 Å². The smallest absolute Gasteiger partial charge is 0.0481 e. The summed E-state index contributed by atoms with van der Waals surface area (Å²) >= 11 is 0. The van der Waals surface area contributed by atoms with Crippen molar-refractivity contribution >= 4 is 56.9 Å². The number of anilines is 10. The van der Waals surface area contributed by atoms with Gasteiger partial charge in [-0.25, -0.2) is 0 Å². The van der Waals surface area contributed by atoms with E-state index in [0.717, 1.165) is 64.3 Å². The lowest BCUT2D eigenvalue weighted by Crippen LogP contribution is -2.17. The third kappa shape index (κ3) is 9.57. The van der Waals surface area contributed by atoms with E-state index in [1.807, 2.05) is 0 Å². The van der Waals surface area contributed by atoms with Crippen LogP contribution in [-0.4, -0.2) is 0 Å². The van der Waals surface area contributed by atoms with Gasteiger partial charge >= 0.3 is 0 Å². The Morgan fingerprint density at radius 3 is 1.03 bits per heavy atom. The highest BCUT2D eigenvalue weighted by Gasteiger charge is 2.19. The van der Waals surface area contributed by atoms with Gasteiger partial charge in [-0.2, -0.15) is 0 Å². The molecule has 0 heterocycles. The van der Waals surface area contributed by atoms with Crippen LogP contribution in [-0.2, 0) is 13.1 Å². The highest BCUT2D eigenvalue weighted by molar-refractivity contribution is 5.83. The minimum atomic E-state index is 0.760. The van der Waals surface area contributed by atoms with Gasteiger partial charge < -0.3 is 19.6 Å². The molecule has 0 bridgehead atoms. The van der Waals surface area contributed by atoms with Crippen molar-refractivity contribution in [2.75, 3.05) is 19.6 Å². The lowest BCUT2D eigenvalue weighted by Gasteiger charge is -2.30. The van der Waals surface area contributed by atoms with Crippen LogP contribution >= 0.6 is 0 Å². The first-order chi connectivity index (χ1) is 30.9. The third-order valence-corrected chi connectivity index (χ3v) is 11.5. The molecule has 0 saturated heterocycles. The average molecular weight is 817 g/mol. The van der Waals surface area contributed by atoms with Gasteiger partial charge in [0.05, 0.1) is 0 Å². The summed E-state index contributed by atoms with van der Waals surface area (Å²) in [5.41, 5.74) is 17.4. The van der Waals surface area contributed by atoms with Gasteiger partial charge in [-0.05, 0) is 164 Å². The molecule has 9 aromatic rings. The van der Waals surface area contributed by atoms with Gasteiger partial charge in [-0.1, -0.05) is 121 Å². The van der Waals surface area contributed by atoms with Gasteiger partial charge in [0.25, 0.3) is 0 Å². The largest absolute Gasteiger partial charge is 0.337 e. The van der Waals surface area contributed by atoms with Gasteiger partial charge in [0, 0.05) is 70.0 Å². The monoisotopic (exact) mass is 816 g/mol. The molecule has 4 heteroatoms. The Bertz CT molecular complexity index is 2860. The van der Waals surface area contributed by atoms with E-state index in [1.165, 1.54) is 33.5 Å². The Hall–Kier alpha value is -7.82. The SMILES string of the molecule is Cc1cccc(CN(c2ccccc2)c2ccc(N(c3ccc(N(Cc4ccccc4)c4cccc(C)c4)cc3)c3ccc(N(c4ccccc4)c4cccc(C)c4)cc3)cc2)c1. The molecule has 4 nitrogen and oxygen atoms in total. The van der Waals surface area contributed by atoms with E-state index in [1.54, 1.807) is 0 Å². The predicted octanol–water partition coefficient (Wildman–Crippen LogP) is 16.2. The van der Waals surface area contributed by atoms with Crippen molar-refractivity contribution in [3.8, 4) is 0 Å². The Kier molecular flexibility index (Phi) is 12.1. The molecule has 0 saturated carbocycles. The first-order valence-corrected chi connectivity index (χ1v) is 21.7. The van der Waals surface area contributed by atoms with Crippen molar-refractivity contribution in [3.63, 3.8) is 0 Å². The van der Waals surface area contributed by atoms with Crippen LogP contribution in [0.15, 0.2) is 237 Å². The fraction of sp³-hybridized carbons (Fsp3) is 0.0847.